The quantitative estimate of drug-likeness (QED) is 0.713. The number of aromatic nitrogens is 4. The van der Waals surface area contributed by atoms with Crippen LogP contribution in [0.2, 0.25) is 0 Å². The van der Waals surface area contributed by atoms with Crippen LogP contribution in [0.3, 0.4) is 0 Å². The zero-order valence-corrected chi connectivity index (χ0v) is 15.4. The van der Waals surface area contributed by atoms with Gasteiger partial charge in [0, 0.05) is 50.0 Å². The summed E-state index contributed by atoms with van der Waals surface area (Å²) < 4.78 is 11.2. The van der Waals surface area contributed by atoms with Crippen molar-refractivity contribution in [1.82, 2.24) is 20.1 Å². The molecule has 9 heteroatoms. The van der Waals surface area contributed by atoms with Crippen molar-refractivity contribution < 1.29 is 14.1 Å². The number of primary amides is 1. The van der Waals surface area contributed by atoms with E-state index in [1.807, 2.05) is 12.1 Å². The fraction of sp³-hybridized carbons (Fsp3) is 0.316. The van der Waals surface area contributed by atoms with Gasteiger partial charge in [0.2, 0.25) is 0 Å². The number of anilines is 1. The Morgan fingerprint density at radius 3 is 2.71 bits per heavy atom. The number of hydrogen-bond donors (Lipinski definition) is 1. The Morgan fingerprint density at radius 2 is 2.00 bits per heavy atom. The normalized spacial score (nSPS) is 14.8. The van der Waals surface area contributed by atoms with Crippen molar-refractivity contribution in [2.24, 2.45) is 5.73 Å². The molecule has 0 aliphatic carbocycles. The fourth-order valence-corrected chi connectivity index (χ4v) is 3.15. The molecule has 4 heterocycles. The minimum absolute atomic E-state index is 0.0566. The summed E-state index contributed by atoms with van der Waals surface area (Å²) in [6.45, 7) is 3.39. The van der Waals surface area contributed by atoms with Crippen LogP contribution in [0.15, 0.2) is 41.2 Å². The first-order chi connectivity index (χ1) is 13.6. The second kappa shape index (κ2) is 7.63. The van der Waals surface area contributed by atoms with Crippen LogP contribution in [0.4, 0.5) is 5.82 Å². The number of nitrogens with two attached hydrogens (primary N) is 1. The van der Waals surface area contributed by atoms with E-state index in [1.54, 1.807) is 25.3 Å². The van der Waals surface area contributed by atoms with Crippen molar-refractivity contribution in [2.75, 3.05) is 18.0 Å². The number of pyridine rings is 2. The maximum Gasteiger partial charge on any atom is 0.267 e. The standard InChI is InChI=1S/C19H20N6O3/c1-12-23-19(28-24-12)13-2-6-22-17(10-13)25-8-4-14(5-9-25)27-15-3-7-21-16(11-15)18(20)26/h2-3,6-7,10-11,14H,4-5,8-9H2,1H3,(H2,20,26). The highest BCUT2D eigenvalue weighted by molar-refractivity contribution is 5.91. The van der Waals surface area contributed by atoms with Crippen LogP contribution in [0, 0.1) is 6.92 Å². The minimum Gasteiger partial charge on any atom is -0.490 e. The van der Waals surface area contributed by atoms with Crippen molar-refractivity contribution >= 4 is 11.7 Å². The molecule has 0 atom stereocenters. The Labute approximate surface area is 161 Å². The summed E-state index contributed by atoms with van der Waals surface area (Å²) in [5.74, 6) is 1.99. The van der Waals surface area contributed by atoms with Crippen LogP contribution in [0.1, 0.15) is 29.2 Å². The molecule has 0 radical (unpaired) electrons. The third kappa shape index (κ3) is 3.93. The van der Waals surface area contributed by atoms with Gasteiger partial charge in [-0.05, 0) is 25.1 Å². The summed E-state index contributed by atoms with van der Waals surface area (Å²) in [5.41, 5.74) is 6.32. The van der Waals surface area contributed by atoms with Crippen molar-refractivity contribution in [2.45, 2.75) is 25.9 Å². The molecule has 1 saturated heterocycles. The number of ether oxygens (including phenoxy) is 1. The molecular weight excluding hydrogens is 360 g/mol. The largest absolute Gasteiger partial charge is 0.490 e. The topological polar surface area (TPSA) is 120 Å². The number of hydrogen-bond acceptors (Lipinski definition) is 8. The predicted octanol–water partition coefficient (Wildman–Crippen LogP) is 1.98. The van der Waals surface area contributed by atoms with Crippen molar-refractivity contribution in [3.05, 3.63) is 48.2 Å². The molecule has 0 bridgehead atoms. The molecule has 1 aliphatic heterocycles. The summed E-state index contributed by atoms with van der Waals surface area (Å²) in [6, 6.07) is 7.12. The van der Waals surface area contributed by atoms with Crippen LogP contribution in [0.5, 0.6) is 5.75 Å². The van der Waals surface area contributed by atoms with Gasteiger partial charge in [0.05, 0.1) is 0 Å². The fourth-order valence-electron chi connectivity index (χ4n) is 3.15. The second-order valence-corrected chi connectivity index (χ2v) is 6.59. The van der Waals surface area contributed by atoms with E-state index in [1.165, 1.54) is 6.20 Å². The van der Waals surface area contributed by atoms with Gasteiger partial charge in [0.1, 0.15) is 23.4 Å². The number of piperidine rings is 1. The second-order valence-electron chi connectivity index (χ2n) is 6.59. The number of carbonyl (C=O) groups is 1. The molecule has 4 rings (SSSR count). The lowest BCUT2D eigenvalue weighted by molar-refractivity contribution is 0.0994. The highest BCUT2D eigenvalue weighted by Gasteiger charge is 2.22. The monoisotopic (exact) mass is 380 g/mol. The zero-order valence-electron chi connectivity index (χ0n) is 15.4. The molecule has 0 aromatic carbocycles. The summed E-state index contributed by atoms with van der Waals surface area (Å²) in [4.78, 5) is 26.1. The first kappa shape index (κ1) is 17.9. The lowest BCUT2D eigenvalue weighted by Crippen LogP contribution is -2.38. The predicted molar refractivity (Wildman–Crippen MR) is 101 cm³/mol. The number of rotatable bonds is 5. The van der Waals surface area contributed by atoms with E-state index in [2.05, 4.69) is 25.0 Å². The van der Waals surface area contributed by atoms with Gasteiger partial charge in [-0.25, -0.2) is 4.98 Å². The molecular formula is C19H20N6O3. The van der Waals surface area contributed by atoms with Crippen LogP contribution in [-0.4, -0.2) is 45.2 Å². The maximum atomic E-state index is 11.3. The van der Waals surface area contributed by atoms with Gasteiger partial charge >= 0.3 is 0 Å². The van der Waals surface area contributed by atoms with E-state index in [0.717, 1.165) is 37.3 Å². The molecule has 1 aliphatic rings. The van der Waals surface area contributed by atoms with E-state index in [-0.39, 0.29) is 11.8 Å². The minimum atomic E-state index is -0.567. The molecule has 3 aromatic rings. The average Bonchev–Trinajstić information content (AvgIpc) is 3.15. The zero-order chi connectivity index (χ0) is 19.5. The van der Waals surface area contributed by atoms with E-state index in [4.69, 9.17) is 15.0 Å². The van der Waals surface area contributed by atoms with E-state index in [0.29, 0.717) is 17.5 Å². The van der Waals surface area contributed by atoms with Gasteiger partial charge in [-0.2, -0.15) is 4.98 Å². The highest BCUT2D eigenvalue weighted by Crippen LogP contribution is 2.25. The van der Waals surface area contributed by atoms with Gasteiger partial charge in [0.15, 0.2) is 5.82 Å². The maximum absolute atomic E-state index is 11.3. The van der Waals surface area contributed by atoms with Crippen LogP contribution >= 0.6 is 0 Å². The van der Waals surface area contributed by atoms with Gasteiger partial charge in [0.25, 0.3) is 11.8 Å². The molecule has 28 heavy (non-hydrogen) atoms. The van der Waals surface area contributed by atoms with Crippen molar-refractivity contribution in [3.8, 4) is 17.2 Å². The molecule has 1 amide bonds. The van der Waals surface area contributed by atoms with Crippen LogP contribution in [0.25, 0.3) is 11.5 Å². The lowest BCUT2D eigenvalue weighted by Gasteiger charge is -2.33. The Kier molecular flexibility index (Phi) is 4.88. The van der Waals surface area contributed by atoms with E-state index in [9.17, 15) is 4.79 Å². The molecule has 0 unspecified atom stereocenters. The van der Waals surface area contributed by atoms with Gasteiger partial charge < -0.3 is 19.9 Å². The first-order valence-corrected chi connectivity index (χ1v) is 9.03. The number of amides is 1. The summed E-state index contributed by atoms with van der Waals surface area (Å²) in [7, 11) is 0. The van der Waals surface area contributed by atoms with Gasteiger partial charge in [-0.1, -0.05) is 5.16 Å². The Hall–Kier alpha value is -3.49. The molecule has 9 nitrogen and oxygen atoms in total. The average molecular weight is 380 g/mol. The van der Waals surface area contributed by atoms with Crippen molar-refractivity contribution in [3.63, 3.8) is 0 Å². The van der Waals surface area contributed by atoms with E-state index >= 15 is 0 Å². The number of aryl methyl sites for hydroxylation is 1. The molecule has 3 aromatic heterocycles. The van der Waals surface area contributed by atoms with Gasteiger partial charge in [-0.15, -0.1) is 0 Å². The number of nitrogens with zero attached hydrogens (tertiary/aromatic N) is 5. The molecule has 0 spiro atoms. The Bertz CT molecular complexity index is 981. The highest BCUT2D eigenvalue weighted by atomic mass is 16.5. The van der Waals surface area contributed by atoms with Crippen molar-refractivity contribution in [1.29, 1.82) is 0 Å². The van der Waals surface area contributed by atoms with Crippen LogP contribution < -0.4 is 15.4 Å². The van der Waals surface area contributed by atoms with Crippen LogP contribution in [-0.2, 0) is 0 Å². The van der Waals surface area contributed by atoms with E-state index < -0.39 is 5.91 Å². The Morgan fingerprint density at radius 1 is 1.21 bits per heavy atom. The summed E-state index contributed by atoms with van der Waals surface area (Å²) in [6.07, 6.45) is 5.00. The molecule has 1 fully saturated rings. The summed E-state index contributed by atoms with van der Waals surface area (Å²) >= 11 is 0. The third-order valence-corrected chi connectivity index (χ3v) is 4.57. The van der Waals surface area contributed by atoms with Gasteiger partial charge in [-0.3, -0.25) is 9.78 Å². The molecule has 2 N–H and O–H groups in total. The third-order valence-electron chi connectivity index (χ3n) is 4.57. The summed E-state index contributed by atoms with van der Waals surface area (Å²) in [5, 5.41) is 3.83. The lowest BCUT2D eigenvalue weighted by atomic mass is 10.1. The Balaban J connectivity index is 1.39. The SMILES string of the molecule is Cc1noc(-c2ccnc(N3CCC(Oc4ccnc(C(N)=O)c4)CC3)c2)n1. The first-order valence-electron chi connectivity index (χ1n) is 9.03. The number of carbonyl (C=O) groups excluding carboxylic acids is 1. The molecule has 144 valence electrons. The smallest absolute Gasteiger partial charge is 0.267 e. The molecule has 0 saturated carbocycles.